The summed E-state index contributed by atoms with van der Waals surface area (Å²) in [7, 11) is 0. The van der Waals surface area contributed by atoms with Crippen LogP contribution in [0.15, 0.2) is 42.5 Å². The normalized spacial score (nSPS) is 15.5. The molecule has 0 atom stereocenters. The zero-order valence-electron chi connectivity index (χ0n) is 7.53. The van der Waals surface area contributed by atoms with Gasteiger partial charge in [-0.3, -0.25) is 0 Å². The predicted octanol–water partition coefficient (Wildman–Crippen LogP) is 3.00. The average Bonchev–Trinajstić information content (AvgIpc) is 2.20. The van der Waals surface area contributed by atoms with Crippen LogP contribution < -0.4 is 5.73 Å². The molecule has 1 aliphatic rings. The van der Waals surface area contributed by atoms with E-state index in [-0.39, 0.29) is 0 Å². The average molecular weight is 171 g/mol. The van der Waals surface area contributed by atoms with E-state index in [4.69, 9.17) is 5.73 Å². The second kappa shape index (κ2) is 3.48. The van der Waals surface area contributed by atoms with Gasteiger partial charge < -0.3 is 5.73 Å². The van der Waals surface area contributed by atoms with Crippen molar-refractivity contribution >= 4 is 11.3 Å². The van der Waals surface area contributed by atoms with E-state index < -0.39 is 0 Å². The Balaban J connectivity index is 2.30. The summed E-state index contributed by atoms with van der Waals surface area (Å²) in [6.45, 7) is 0. The largest absolute Gasteiger partial charge is 0.399 e. The highest BCUT2D eigenvalue weighted by molar-refractivity contribution is 5.75. The molecule has 0 aliphatic heterocycles. The first-order chi connectivity index (χ1) is 6.36. The van der Waals surface area contributed by atoms with Gasteiger partial charge in [-0.05, 0) is 36.1 Å². The third kappa shape index (κ3) is 1.81. The number of nitrogens with two attached hydrogens (primary N) is 1. The first-order valence-corrected chi connectivity index (χ1v) is 4.59. The van der Waals surface area contributed by atoms with Crippen LogP contribution in [0.25, 0.3) is 5.57 Å². The maximum Gasteiger partial charge on any atom is 0.0314 e. The number of rotatable bonds is 1. The van der Waals surface area contributed by atoms with E-state index in [1.807, 2.05) is 12.1 Å². The van der Waals surface area contributed by atoms with E-state index in [2.05, 4.69) is 30.4 Å². The van der Waals surface area contributed by atoms with Crippen LogP contribution in [0.4, 0.5) is 5.69 Å². The van der Waals surface area contributed by atoms with Crippen molar-refractivity contribution in [2.45, 2.75) is 12.8 Å². The molecule has 0 bridgehead atoms. The van der Waals surface area contributed by atoms with E-state index in [0.717, 1.165) is 12.1 Å². The second-order valence-electron chi connectivity index (χ2n) is 3.26. The minimum Gasteiger partial charge on any atom is -0.399 e. The van der Waals surface area contributed by atoms with Gasteiger partial charge >= 0.3 is 0 Å². The van der Waals surface area contributed by atoms with Gasteiger partial charge in [0.2, 0.25) is 0 Å². The molecule has 1 aromatic rings. The Hall–Kier alpha value is -1.50. The maximum atomic E-state index is 5.62. The van der Waals surface area contributed by atoms with E-state index in [0.29, 0.717) is 0 Å². The van der Waals surface area contributed by atoms with Gasteiger partial charge in [-0.25, -0.2) is 0 Å². The van der Waals surface area contributed by atoms with E-state index >= 15 is 0 Å². The summed E-state index contributed by atoms with van der Waals surface area (Å²) in [5, 5.41) is 0. The summed E-state index contributed by atoms with van der Waals surface area (Å²) in [6, 6.07) is 8.02. The van der Waals surface area contributed by atoms with Gasteiger partial charge in [0.05, 0.1) is 0 Å². The second-order valence-corrected chi connectivity index (χ2v) is 3.26. The Morgan fingerprint density at radius 3 is 2.38 bits per heavy atom. The fraction of sp³-hybridized carbons (Fsp3) is 0.167. The smallest absolute Gasteiger partial charge is 0.0314 e. The van der Waals surface area contributed by atoms with Crippen molar-refractivity contribution in [1.29, 1.82) is 0 Å². The topological polar surface area (TPSA) is 26.0 Å². The summed E-state index contributed by atoms with van der Waals surface area (Å²) < 4.78 is 0. The molecule has 0 amide bonds. The standard InChI is InChI=1S/C12H13N/c13-12-8-6-11(7-9-12)10-4-2-1-3-5-10/h2,4-9H,1,3,13H2. The number of hydrogen-bond acceptors (Lipinski definition) is 1. The lowest BCUT2D eigenvalue weighted by Crippen LogP contribution is -1.87. The molecule has 0 saturated heterocycles. The molecule has 0 heterocycles. The third-order valence-electron chi connectivity index (χ3n) is 2.24. The molecular formula is C12H13N. The van der Waals surface area contributed by atoms with Crippen molar-refractivity contribution in [2.24, 2.45) is 0 Å². The summed E-state index contributed by atoms with van der Waals surface area (Å²) >= 11 is 0. The van der Waals surface area contributed by atoms with Gasteiger partial charge in [0.25, 0.3) is 0 Å². The van der Waals surface area contributed by atoms with Crippen molar-refractivity contribution in [3.8, 4) is 0 Å². The molecule has 0 aromatic heterocycles. The molecule has 1 nitrogen and oxygen atoms in total. The van der Waals surface area contributed by atoms with Crippen molar-refractivity contribution < 1.29 is 0 Å². The van der Waals surface area contributed by atoms with Gasteiger partial charge in [0.1, 0.15) is 0 Å². The van der Waals surface area contributed by atoms with Crippen molar-refractivity contribution in [3.05, 3.63) is 48.1 Å². The highest BCUT2D eigenvalue weighted by Gasteiger charge is 1.99. The minimum absolute atomic E-state index is 0.823. The number of nitrogen functional groups attached to an aromatic ring is 1. The summed E-state index contributed by atoms with van der Waals surface area (Å²) in [4.78, 5) is 0. The zero-order valence-corrected chi connectivity index (χ0v) is 7.53. The molecule has 0 saturated carbocycles. The Bertz CT molecular complexity index is 344. The highest BCUT2D eigenvalue weighted by atomic mass is 14.5. The first kappa shape index (κ1) is 8.11. The van der Waals surface area contributed by atoms with Crippen molar-refractivity contribution in [3.63, 3.8) is 0 Å². The molecule has 0 spiro atoms. The first-order valence-electron chi connectivity index (χ1n) is 4.59. The lowest BCUT2D eigenvalue weighted by atomic mass is 10.00. The molecule has 13 heavy (non-hydrogen) atoms. The van der Waals surface area contributed by atoms with Gasteiger partial charge in [0.15, 0.2) is 0 Å². The van der Waals surface area contributed by atoms with Gasteiger partial charge in [-0.2, -0.15) is 0 Å². The van der Waals surface area contributed by atoms with Gasteiger partial charge in [-0.15, -0.1) is 0 Å². The molecule has 1 heteroatoms. The third-order valence-corrected chi connectivity index (χ3v) is 2.24. The summed E-state index contributed by atoms with van der Waals surface area (Å²) in [5.74, 6) is 0. The monoisotopic (exact) mass is 171 g/mol. The van der Waals surface area contributed by atoms with Crippen LogP contribution in [-0.4, -0.2) is 0 Å². The minimum atomic E-state index is 0.823. The Kier molecular flexibility index (Phi) is 2.17. The summed E-state index contributed by atoms with van der Waals surface area (Å²) in [6.07, 6.45) is 8.97. The fourth-order valence-corrected chi connectivity index (χ4v) is 1.50. The van der Waals surface area contributed by atoms with Crippen LogP contribution in [0.1, 0.15) is 18.4 Å². The number of anilines is 1. The fourth-order valence-electron chi connectivity index (χ4n) is 1.50. The molecule has 0 unspecified atom stereocenters. The number of benzene rings is 1. The molecule has 1 aliphatic carbocycles. The van der Waals surface area contributed by atoms with Crippen LogP contribution in [0.3, 0.4) is 0 Å². The number of hydrogen-bond donors (Lipinski definition) is 1. The maximum absolute atomic E-state index is 5.62. The molecule has 66 valence electrons. The van der Waals surface area contributed by atoms with Crippen molar-refractivity contribution in [1.82, 2.24) is 0 Å². The molecular weight excluding hydrogens is 158 g/mol. The van der Waals surface area contributed by atoms with Crippen molar-refractivity contribution in [2.75, 3.05) is 5.73 Å². The zero-order chi connectivity index (χ0) is 9.10. The lowest BCUT2D eigenvalue weighted by molar-refractivity contribution is 1.04. The van der Waals surface area contributed by atoms with Crippen LogP contribution >= 0.6 is 0 Å². The van der Waals surface area contributed by atoms with Crippen LogP contribution in [-0.2, 0) is 0 Å². The van der Waals surface area contributed by atoms with E-state index in [1.54, 1.807) is 0 Å². The molecule has 2 rings (SSSR count). The van der Waals surface area contributed by atoms with E-state index in [1.165, 1.54) is 17.6 Å². The van der Waals surface area contributed by atoms with Gasteiger partial charge in [-0.1, -0.05) is 30.4 Å². The lowest BCUT2D eigenvalue weighted by Gasteiger charge is -2.06. The quantitative estimate of drug-likeness (QED) is 0.646. The molecule has 2 N–H and O–H groups in total. The Morgan fingerprint density at radius 1 is 1.00 bits per heavy atom. The van der Waals surface area contributed by atoms with E-state index in [9.17, 15) is 0 Å². The molecule has 0 radical (unpaired) electrons. The van der Waals surface area contributed by atoms with Crippen LogP contribution in [0, 0.1) is 0 Å². The molecule has 1 aromatic carbocycles. The Labute approximate surface area is 78.6 Å². The SMILES string of the molecule is Nc1ccc(C2=CCCC=C2)cc1. The predicted molar refractivity (Wildman–Crippen MR) is 57.2 cm³/mol. The number of allylic oxidation sites excluding steroid dienone is 4. The Morgan fingerprint density at radius 2 is 1.77 bits per heavy atom. The highest BCUT2D eigenvalue weighted by Crippen LogP contribution is 2.21. The van der Waals surface area contributed by atoms with Crippen LogP contribution in [0.5, 0.6) is 0 Å². The van der Waals surface area contributed by atoms with Crippen LogP contribution in [0.2, 0.25) is 0 Å². The molecule has 0 fully saturated rings. The summed E-state index contributed by atoms with van der Waals surface area (Å²) in [5.41, 5.74) is 9.01. The van der Waals surface area contributed by atoms with Gasteiger partial charge in [0, 0.05) is 5.69 Å².